The molecule has 1 saturated carbocycles. The lowest BCUT2D eigenvalue weighted by Crippen LogP contribution is -2.42. The summed E-state index contributed by atoms with van der Waals surface area (Å²) in [4.78, 5) is 17.8. The van der Waals surface area contributed by atoms with Crippen LogP contribution in [0.2, 0.25) is 0 Å². The molecule has 0 unspecified atom stereocenters. The molecule has 0 radical (unpaired) electrons. The van der Waals surface area contributed by atoms with Crippen LogP contribution in [0.25, 0.3) is 0 Å². The minimum atomic E-state index is -0.685. The van der Waals surface area contributed by atoms with E-state index in [0.717, 1.165) is 30.7 Å². The molecule has 0 atom stereocenters. The van der Waals surface area contributed by atoms with E-state index in [2.05, 4.69) is 4.98 Å². The number of amides is 1. The largest absolute Gasteiger partial charge is 0.388 e. The fraction of sp³-hybridized carbons (Fsp3) is 0.667. The highest BCUT2D eigenvalue weighted by Crippen LogP contribution is 2.30. The number of hydrogen-bond donors (Lipinski definition) is 1. The second-order valence-electron chi connectivity index (χ2n) is 4.84. The molecule has 4 nitrogen and oxygen atoms in total. The molecule has 1 heterocycles. The number of nitrogens with zero attached hydrogens (tertiary/aromatic N) is 2. The number of carbonyl (C=O) groups is 1. The van der Waals surface area contributed by atoms with Crippen molar-refractivity contribution in [1.29, 1.82) is 0 Å². The zero-order chi connectivity index (χ0) is 12.5. The summed E-state index contributed by atoms with van der Waals surface area (Å²) in [6, 6.07) is 0. The third-order valence-electron chi connectivity index (χ3n) is 3.25. The lowest BCUT2D eigenvalue weighted by Gasteiger charge is -2.28. The van der Waals surface area contributed by atoms with E-state index in [1.165, 1.54) is 11.3 Å². The SMILES string of the molecule is Cc1nc(C(=O)N(C)CC2(O)CCCC2)cs1. The maximum Gasteiger partial charge on any atom is 0.273 e. The molecule has 1 aliphatic carbocycles. The number of thiazole rings is 1. The van der Waals surface area contributed by atoms with E-state index in [-0.39, 0.29) is 5.91 Å². The minimum absolute atomic E-state index is 0.102. The van der Waals surface area contributed by atoms with Gasteiger partial charge in [-0.1, -0.05) is 12.8 Å². The van der Waals surface area contributed by atoms with Gasteiger partial charge in [-0.2, -0.15) is 0 Å². The van der Waals surface area contributed by atoms with Gasteiger partial charge in [0.1, 0.15) is 5.69 Å². The predicted octanol–water partition coefficient (Wildman–Crippen LogP) is 1.83. The lowest BCUT2D eigenvalue weighted by molar-refractivity contribution is 0.0155. The molecular formula is C12H18N2O2S. The van der Waals surface area contributed by atoms with Gasteiger partial charge in [-0.15, -0.1) is 11.3 Å². The Labute approximate surface area is 105 Å². The van der Waals surface area contributed by atoms with Crippen molar-refractivity contribution < 1.29 is 9.90 Å². The Hall–Kier alpha value is -0.940. The second-order valence-corrected chi connectivity index (χ2v) is 5.91. The fourth-order valence-corrected chi connectivity index (χ4v) is 2.95. The molecule has 0 saturated heterocycles. The zero-order valence-corrected chi connectivity index (χ0v) is 11.1. The first-order chi connectivity index (χ1) is 8.00. The van der Waals surface area contributed by atoms with Crippen LogP contribution in [0.1, 0.15) is 41.2 Å². The molecule has 1 N–H and O–H groups in total. The normalized spacial score (nSPS) is 18.3. The van der Waals surface area contributed by atoms with Crippen LogP contribution >= 0.6 is 11.3 Å². The Bertz CT molecular complexity index is 410. The number of aromatic nitrogens is 1. The van der Waals surface area contributed by atoms with E-state index in [9.17, 15) is 9.90 Å². The van der Waals surface area contributed by atoms with Crippen LogP contribution in [-0.2, 0) is 0 Å². The molecule has 1 aliphatic rings. The third-order valence-corrected chi connectivity index (χ3v) is 4.02. The van der Waals surface area contributed by atoms with E-state index in [0.29, 0.717) is 12.2 Å². The highest BCUT2D eigenvalue weighted by molar-refractivity contribution is 7.09. The molecule has 1 aromatic rings. The highest BCUT2D eigenvalue weighted by atomic mass is 32.1. The maximum absolute atomic E-state index is 12.0. The first-order valence-corrected chi connectivity index (χ1v) is 6.78. The van der Waals surface area contributed by atoms with E-state index >= 15 is 0 Å². The number of aliphatic hydroxyl groups is 1. The lowest BCUT2D eigenvalue weighted by atomic mass is 10.0. The van der Waals surface area contributed by atoms with Crippen LogP contribution in [0.4, 0.5) is 0 Å². The van der Waals surface area contributed by atoms with Crippen molar-refractivity contribution in [1.82, 2.24) is 9.88 Å². The molecular weight excluding hydrogens is 236 g/mol. The van der Waals surface area contributed by atoms with Gasteiger partial charge in [-0.05, 0) is 19.8 Å². The van der Waals surface area contributed by atoms with Gasteiger partial charge >= 0.3 is 0 Å². The standard InChI is InChI=1S/C12H18N2O2S/c1-9-13-10(7-17-9)11(15)14(2)8-12(16)5-3-4-6-12/h7,16H,3-6,8H2,1-2H3. The van der Waals surface area contributed by atoms with E-state index in [4.69, 9.17) is 0 Å². The minimum Gasteiger partial charge on any atom is -0.388 e. The number of hydrogen-bond acceptors (Lipinski definition) is 4. The van der Waals surface area contributed by atoms with Gasteiger partial charge in [0.05, 0.1) is 10.6 Å². The highest BCUT2D eigenvalue weighted by Gasteiger charge is 2.33. The molecule has 17 heavy (non-hydrogen) atoms. The number of carbonyl (C=O) groups excluding carboxylic acids is 1. The maximum atomic E-state index is 12.0. The van der Waals surface area contributed by atoms with Crippen LogP contribution in [0.3, 0.4) is 0 Å². The van der Waals surface area contributed by atoms with Gasteiger partial charge in [0, 0.05) is 19.0 Å². The quantitative estimate of drug-likeness (QED) is 0.895. The summed E-state index contributed by atoms with van der Waals surface area (Å²) in [5, 5.41) is 12.9. The molecule has 5 heteroatoms. The first-order valence-electron chi connectivity index (χ1n) is 5.90. The monoisotopic (exact) mass is 254 g/mol. The Morgan fingerprint density at radius 2 is 2.24 bits per heavy atom. The zero-order valence-electron chi connectivity index (χ0n) is 10.3. The molecule has 1 amide bonds. The van der Waals surface area contributed by atoms with Crippen molar-refractivity contribution >= 4 is 17.2 Å². The average molecular weight is 254 g/mol. The molecule has 0 spiro atoms. The van der Waals surface area contributed by atoms with Crippen molar-refractivity contribution in [3.05, 3.63) is 16.1 Å². The Kier molecular flexibility index (Phi) is 3.49. The Balaban J connectivity index is 2.00. The fourth-order valence-electron chi connectivity index (χ4n) is 2.36. The third kappa shape index (κ3) is 2.84. The Morgan fingerprint density at radius 1 is 1.59 bits per heavy atom. The summed E-state index contributed by atoms with van der Waals surface area (Å²) in [6.45, 7) is 2.29. The van der Waals surface area contributed by atoms with Gasteiger partial charge in [0.25, 0.3) is 5.91 Å². The summed E-state index contributed by atoms with van der Waals surface area (Å²) < 4.78 is 0. The van der Waals surface area contributed by atoms with Crippen LogP contribution < -0.4 is 0 Å². The molecule has 0 aromatic carbocycles. The van der Waals surface area contributed by atoms with Gasteiger partial charge in [0.2, 0.25) is 0 Å². The summed E-state index contributed by atoms with van der Waals surface area (Å²) in [7, 11) is 1.73. The predicted molar refractivity (Wildman–Crippen MR) is 67.2 cm³/mol. The summed E-state index contributed by atoms with van der Waals surface area (Å²) >= 11 is 1.47. The average Bonchev–Trinajstić information content (AvgIpc) is 2.86. The number of likely N-dealkylation sites (N-methyl/N-ethyl adjacent to an activating group) is 1. The van der Waals surface area contributed by atoms with Crippen LogP contribution in [0.5, 0.6) is 0 Å². The van der Waals surface area contributed by atoms with Crippen molar-refractivity contribution in [2.75, 3.05) is 13.6 Å². The molecule has 2 rings (SSSR count). The van der Waals surface area contributed by atoms with Crippen LogP contribution in [0.15, 0.2) is 5.38 Å². The number of aryl methyl sites for hydroxylation is 1. The van der Waals surface area contributed by atoms with Gasteiger partial charge in [-0.3, -0.25) is 4.79 Å². The van der Waals surface area contributed by atoms with Crippen molar-refractivity contribution in [2.45, 2.75) is 38.2 Å². The second kappa shape index (κ2) is 4.74. The van der Waals surface area contributed by atoms with E-state index < -0.39 is 5.60 Å². The van der Waals surface area contributed by atoms with Crippen LogP contribution in [-0.4, -0.2) is 40.1 Å². The number of rotatable bonds is 3. The van der Waals surface area contributed by atoms with Crippen LogP contribution in [0, 0.1) is 6.92 Å². The topological polar surface area (TPSA) is 53.4 Å². The van der Waals surface area contributed by atoms with Crippen molar-refractivity contribution in [2.24, 2.45) is 0 Å². The summed E-state index contributed by atoms with van der Waals surface area (Å²) in [5.41, 5.74) is -0.202. The molecule has 94 valence electrons. The van der Waals surface area contributed by atoms with Crippen molar-refractivity contribution in [3.63, 3.8) is 0 Å². The molecule has 0 aliphatic heterocycles. The molecule has 1 fully saturated rings. The summed E-state index contributed by atoms with van der Waals surface area (Å²) in [5.74, 6) is -0.102. The van der Waals surface area contributed by atoms with Crippen molar-refractivity contribution in [3.8, 4) is 0 Å². The van der Waals surface area contributed by atoms with E-state index in [1.807, 2.05) is 6.92 Å². The van der Waals surface area contributed by atoms with Gasteiger partial charge in [0.15, 0.2) is 0 Å². The summed E-state index contributed by atoms with van der Waals surface area (Å²) in [6.07, 6.45) is 3.68. The Morgan fingerprint density at radius 3 is 2.76 bits per heavy atom. The van der Waals surface area contributed by atoms with Gasteiger partial charge in [-0.25, -0.2) is 4.98 Å². The molecule has 1 aromatic heterocycles. The van der Waals surface area contributed by atoms with E-state index in [1.54, 1.807) is 17.3 Å². The molecule has 0 bridgehead atoms. The van der Waals surface area contributed by atoms with Gasteiger partial charge < -0.3 is 10.0 Å². The first kappa shape index (κ1) is 12.5. The smallest absolute Gasteiger partial charge is 0.273 e.